The van der Waals surface area contributed by atoms with E-state index in [0.717, 1.165) is 18.7 Å². The van der Waals surface area contributed by atoms with E-state index in [-0.39, 0.29) is 60.2 Å². The fraction of sp³-hybridized carbons (Fsp3) is 0.852. The molecule has 3 amide bonds. The molecule has 5 saturated heterocycles. The molecule has 10 atom stereocenters. The summed E-state index contributed by atoms with van der Waals surface area (Å²) in [4.78, 5) is 32.6. The maximum atomic E-state index is 16.2. The first-order valence-electron chi connectivity index (χ1n) is 15.0. The van der Waals surface area contributed by atoms with Crippen LogP contribution in [-0.2, 0) is 9.53 Å². The lowest BCUT2D eigenvalue weighted by Gasteiger charge is -2.59. The lowest BCUT2D eigenvalue weighted by atomic mass is 9.81. The average Bonchev–Trinajstić information content (AvgIpc) is 3.36. The molecule has 12 nitrogen and oxygen atoms in total. The molecule has 6 aliphatic heterocycles. The molecule has 0 aromatic heterocycles. The Labute approximate surface area is 236 Å². The predicted molar refractivity (Wildman–Crippen MR) is 146 cm³/mol. The second-order valence-electron chi connectivity index (χ2n) is 12.8. The molecule has 8 unspecified atom stereocenters. The zero-order valence-corrected chi connectivity index (χ0v) is 24.3. The molecule has 5 N–H and O–H groups in total. The van der Waals surface area contributed by atoms with Crippen molar-refractivity contribution in [1.29, 1.82) is 0 Å². The first-order chi connectivity index (χ1) is 19.2. The second kappa shape index (κ2) is 10.9. The molecule has 2 bridgehead atoms. The van der Waals surface area contributed by atoms with Crippen molar-refractivity contribution in [3.05, 3.63) is 11.9 Å². The van der Waals surface area contributed by atoms with Crippen molar-refractivity contribution in [2.45, 2.75) is 109 Å². The summed E-state index contributed by atoms with van der Waals surface area (Å²) in [6.45, 7) is 12.6. The number of carbonyl (C=O) groups is 2. The first kappa shape index (κ1) is 28.0. The van der Waals surface area contributed by atoms with Crippen molar-refractivity contribution in [3.63, 3.8) is 0 Å². The minimum Gasteiger partial charge on any atom is -0.376 e. The van der Waals surface area contributed by atoms with Gasteiger partial charge in [-0.3, -0.25) is 20.0 Å². The highest BCUT2D eigenvalue weighted by Gasteiger charge is 2.57. The Morgan fingerprint density at radius 2 is 1.95 bits per heavy atom. The monoisotopic (exact) mass is 563 g/mol. The second-order valence-corrected chi connectivity index (χ2v) is 12.8. The topological polar surface area (TPSA) is 116 Å². The average molecular weight is 564 g/mol. The Hall–Kier alpha value is -2.19. The Balaban J connectivity index is 1.38. The summed E-state index contributed by atoms with van der Waals surface area (Å²) in [6, 6.07) is -0.294. The van der Waals surface area contributed by atoms with Crippen LogP contribution in [0.3, 0.4) is 0 Å². The molecule has 0 aromatic rings. The minimum absolute atomic E-state index is 0.000113. The molecule has 6 rings (SSSR count). The standard InChI is InChI=1S/C27H46FN9O3/c1-14(2)22-23-21(6-8-29-22)40-9-7-18-11-30-33-37(18)26-20(28)10-19-24(32-27(39)36(23)25(19)31-26)35-13-15(3)34(17(5)38)12-16(35)4/h11,14-16,19-26,29-31,33H,6-10,12-13H2,1-5H3,(H,32,39)/t15-,16+,19?,20?,21?,22?,23?,24?,25?,26?/m1/s1. The van der Waals surface area contributed by atoms with Gasteiger partial charge in [-0.25, -0.2) is 9.18 Å². The summed E-state index contributed by atoms with van der Waals surface area (Å²) in [5.74, 6) is 0.121. The number of piperidine rings is 2. The Kier molecular flexibility index (Phi) is 7.62. The van der Waals surface area contributed by atoms with Gasteiger partial charge >= 0.3 is 6.03 Å². The van der Waals surface area contributed by atoms with Crippen LogP contribution in [0.25, 0.3) is 0 Å². The first-order valence-corrected chi connectivity index (χ1v) is 15.0. The van der Waals surface area contributed by atoms with Gasteiger partial charge in [0.2, 0.25) is 5.91 Å². The summed E-state index contributed by atoms with van der Waals surface area (Å²) < 4.78 is 22.7. The number of carbonyl (C=O) groups excluding carboxylic acids is 2. The summed E-state index contributed by atoms with van der Waals surface area (Å²) in [5.41, 5.74) is 7.06. The lowest BCUT2D eigenvalue weighted by Crippen LogP contribution is -2.81. The predicted octanol–water partition coefficient (Wildman–Crippen LogP) is 0.220. The van der Waals surface area contributed by atoms with Crippen molar-refractivity contribution in [2.75, 3.05) is 26.2 Å². The molecule has 0 aliphatic carbocycles. The van der Waals surface area contributed by atoms with E-state index in [1.165, 1.54) is 0 Å². The maximum absolute atomic E-state index is 16.2. The number of piperazine rings is 1. The Morgan fingerprint density at radius 3 is 2.70 bits per heavy atom. The zero-order valence-electron chi connectivity index (χ0n) is 24.3. The molecule has 6 aliphatic rings. The largest absolute Gasteiger partial charge is 0.376 e. The van der Waals surface area contributed by atoms with Gasteiger partial charge in [0.05, 0.1) is 36.8 Å². The van der Waals surface area contributed by atoms with Gasteiger partial charge in [0.25, 0.3) is 0 Å². The van der Waals surface area contributed by atoms with Gasteiger partial charge in [-0.05, 0) is 39.2 Å². The molecule has 224 valence electrons. The van der Waals surface area contributed by atoms with Crippen molar-refractivity contribution >= 4 is 11.9 Å². The van der Waals surface area contributed by atoms with Crippen LogP contribution in [-0.4, -0.2) is 113 Å². The van der Waals surface area contributed by atoms with Gasteiger partial charge in [-0.15, -0.1) is 5.53 Å². The highest BCUT2D eigenvalue weighted by molar-refractivity contribution is 5.77. The van der Waals surface area contributed by atoms with Gasteiger partial charge in [0, 0.05) is 56.7 Å². The van der Waals surface area contributed by atoms with Crippen molar-refractivity contribution in [3.8, 4) is 0 Å². The SMILES string of the molecule is CC(=O)N1C[C@H](C)N(C2NC(=O)N3C4NC(C(F)CC42)N2NNC=C2CCOC2CCNC(C(C)C)C23)C[C@H]1C. The third-order valence-electron chi connectivity index (χ3n) is 9.89. The number of fused-ring (bicyclic) bond motifs is 5. The molecule has 5 fully saturated rings. The zero-order chi connectivity index (χ0) is 28.3. The van der Waals surface area contributed by atoms with E-state index < -0.39 is 18.5 Å². The van der Waals surface area contributed by atoms with E-state index in [9.17, 15) is 9.59 Å². The van der Waals surface area contributed by atoms with E-state index in [1.54, 1.807) is 6.92 Å². The molecule has 0 aromatic carbocycles. The summed E-state index contributed by atoms with van der Waals surface area (Å²) in [7, 11) is 0. The van der Waals surface area contributed by atoms with Gasteiger partial charge in [-0.2, -0.15) is 0 Å². The molecular weight excluding hydrogens is 517 g/mol. The molecular formula is C27H46FN9O3. The molecule has 13 heteroatoms. The van der Waals surface area contributed by atoms with Crippen molar-refractivity contribution in [1.82, 2.24) is 46.6 Å². The number of nitrogens with zero attached hydrogens (tertiary/aromatic N) is 4. The Bertz CT molecular complexity index is 1020. The normalized spacial score (nSPS) is 42.3. The van der Waals surface area contributed by atoms with Crippen LogP contribution in [0.1, 0.15) is 53.9 Å². The van der Waals surface area contributed by atoms with Crippen LogP contribution in [0.5, 0.6) is 0 Å². The fourth-order valence-electron chi connectivity index (χ4n) is 7.97. The third kappa shape index (κ3) is 4.73. The lowest BCUT2D eigenvalue weighted by molar-refractivity contribution is -0.141. The molecule has 0 spiro atoms. The number of amides is 3. The van der Waals surface area contributed by atoms with E-state index in [0.29, 0.717) is 32.5 Å². The Morgan fingerprint density at radius 1 is 1.15 bits per heavy atom. The number of nitrogens with one attached hydrogen (secondary N) is 5. The van der Waals surface area contributed by atoms with Crippen molar-refractivity contribution < 1.29 is 18.7 Å². The highest BCUT2D eigenvalue weighted by Crippen LogP contribution is 2.39. The van der Waals surface area contributed by atoms with Crippen LogP contribution >= 0.6 is 0 Å². The number of urea groups is 1. The summed E-state index contributed by atoms with van der Waals surface area (Å²) in [6.07, 6.45) is 0.881. The van der Waals surface area contributed by atoms with E-state index in [1.807, 2.05) is 27.9 Å². The molecule has 6 heterocycles. The summed E-state index contributed by atoms with van der Waals surface area (Å²) in [5, 5.41) is 12.4. The van der Waals surface area contributed by atoms with Gasteiger partial charge in [0.15, 0.2) is 0 Å². The van der Waals surface area contributed by atoms with E-state index in [4.69, 9.17) is 4.74 Å². The van der Waals surface area contributed by atoms with Crippen LogP contribution in [0.2, 0.25) is 0 Å². The number of alkyl halides is 1. The number of halogens is 1. The molecule has 0 saturated carbocycles. The van der Waals surface area contributed by atoms with Gasteiger partial charge in [-0.1, -0.05) is 13.8 Å². The number of hydrazine groups is 2. The van der Waals surface area contributed by atoms with E-state index >= 15 is 4.39 Å². The third-order valence-corrected chi connectivity index (χ3v) is 9.89. The van der Waals surface area contributed by atoms with Crippen LogP contribution in [0.15, 0.2) is 11.9 Å². The quantitative estimate of drug-likeness (QED) is 0.322. The number of rotatable bonds is 2. The number of hydrogen-bond acceptors (Lipinski definition) is 9. The fourth-order valence-corrected chi connectivity index (χ4v) is 7.97. The van der Waals surface area contributed by atoms with Crippen LogP contribution in [0.4, 0.5) is 9.18 Å². The van der Waals surface area contributed by atoms with Crippen molar-refractivity contribution in [2.24, 2.45) is 11.8 Å². The number of hydrogen-bond donors (Lipinski definition) is 5. The van der Waals surface area contributed by atoms with Crippen LogP contribution < -0.4 is 26.9 Å². The summed E-state index contributed by atoms with van der Waals surface area (Å²) >= 11 is 0. The minimum atomic E-state index is -1.18. The highest BCUT2D eigenvalue weighted by atomic mass is 19.1. The van der Waals surface area contributed by atoms with E-state index in [2.05, 4.69) is 52.6 Å². The van der Waals surface area contributed by atoms with Crippen LogP contribution in [0, 0.1) is 11.8 Å². The van der Waals surface area contributed by atoms with Gasteiger partial charge < -0.3 is 30.6 Å². The molecule has 40 heavy (non-hydrogen) atoms. The number of ether oxygens (including phenoxy) is 1. The maximum Gasteiger partial charge on any atom is 0.320 e. The smallest absolute Gasteiger partial charge is 0.320 e. The van der Waals surface area contributed by atoms with Gasteiger partial charge in [0.1, 0.15) is 12.3 Å². The molecule has 0 radical (unpaired) electrons.